The molecule has 1 aromatic carbocycles. The summed E-state index contributed by atoms with van der Waals surface area (Å²) in [5.74, 6) is 0.120. The fourth-order valence-corrected chi connectivity index (χ4v) is 2.68. The molecule has 0 fully saturated rings. The van der Waals surface area contributed by atoms with Crippen LogP contribution in [0.2, 0.25) is 0 Å². The van der Waals surface area contributed by atoms with Crippen molar-refractivity contribution in [1.82, 2.24) is 4.57 Å². The van der Waals surface area contributed by atoms with E-state index in [1.807, 2.05) is 0 Å². The first-order valence-corrected chi connectivity index (χ1v) is 6.16. The van der Waals surface area contributed by atoms with Crippen LogP contribution < -0.4 is 4.87 Å². The summed E-state index contributed by atoms with van der Waals surface area (Å²) < 4.78 is 7.50. The Morgan fingerprint density at radius 2 is 2.17 bits per heavy atom. The second-order valence-corrected chi connectivity index (χ2v) is 4.91. The van der Waals surface area contributed by atoms with Gasteiger partial charge in [0, 0.05) is 12.6 Å². The molecule has 3 rings (SSSR count). The lowest BCUT2D eigenvalue weighted by atomic mass is 10.1. The van der Waals surface area contributed by atoms with Crippen LogP contribution >= 0.6 is 11.3 Å². The molecule has 0 unspecified atom stereocenters. The van der Waals surface area contributed by atoms with Crippen LogP contribution in [0.5, 0.6) is 0 Å². The summed E-state index contributed by atoms with van der Waals surface area (Å²) in [5.41, 5.74) is 1.29. The molecule has 0 spiro atoms. The van der Waals surface area contributed by atoms with Gasteiger partial charge in [-0.2, -0.15) is 0 Å². The average molecular weight is 259 g/mol. The molecular formula is C13H9NO3S. The number of nitrogens with zero attached hydrogens (tertiary/aromatic N) is 1. The SMILES string of the molecule is Cn1c(=O)sc2ccc(C(=O)c3ccco3)cc21. The zero-order chi connectivity index (χ0) is 12.7. The molecule has 0 radical (unpaired) electrons. The van der Waals surface area contributed by atoms with Gasteiger partial charge in [-0.3, -0.25) is 9.59 Å². The van der Waals surface area contributed by atoms with E-state index < -0.39 is 0 Å². The molecule has 0 saturated carbocycles. The highest BCUT2D eigenvalue weighted by Crippen LogP contribution is 2.20. The van der Waals surface area contributed by atoms with Crippen LogP contribution in [0.4, 0.5) is 0 Å². The van der Waals surface area contributed by atoms with E-state index in [2.05, 4.69) is 0 Å². The highest BCUT2D eigenvalue weighted by molar-refractivity contribution is 7.16. The maximum Gasteiger partial charge on any atom is 0.307 e. The minimum atomic E-state index is -0.180. The van der Waals surface area contributed by atoms with Crippen molar-refractivity contribution < 1.29 is 9.21 Å². The highest BCUT2D eigenvalue weighted by atomic mass is 32.1. The van der Waals surface area contributed by atoms with Crippen LogP contribution in [0.1, 0.15) is 16.1 Å². The maximum atomic E-state index is 12.1. The van der Waals surface area contributed by atoms with E-state index in [9.17, 15) is 9.59 Å². The Kier molecular flexibility index (Phi) is 2.41. The predicted molar refractivity (Wildman–Crippen MR) is 69.2 cm³/mol. The van der Waals surface area contributed by atoms with Crippen LogP contribution in [0.3, 0.4) is 0 Å². The van der Waals surface area contributed by atoms with Gasteiger partial charge >= 0.3 is 4.87 Å². The molecule has 0 bridgehead atoms. The van der Waals surface area contributed by atoms with Gasteiger partial charge in [0.15, 0.2) is 5.76 Å². The van der Waals surface area contributed by atoms with Crippen molar-refractivity contribution in [3.05, 3.63) is 57.6 Å². The molecule has 0 aliphatic rings. The first-order valence-electron chi connectivity index (χ1n) is 5.34. The fraction of sp³-hybridized carbons (Fsp3) is 0.0769. The van der Waals surface area contributed by atoms with E-state index in [0.717, 1.165) is 10.2 Å². The Bertz CT molecular complexity index is 780. The minimum absolute atomic E-state index is 0.0346. The minimum Gasteiger partial charge on any atom is -0.461 e. The molecule has 0 N–H and O–H groups in total. The number of benzene rings is 1. The molecule has 4 nitrogen and oxygen atoms in total. The molecule has 0 atom stereocenters. The summed E-state index contributed by atoms with van der Waals surface area (Å²) in [6.45, 7) is 0. The molecule has 0 amide bonds. The number of rotatable bonds is 2. The van der Waals surface area contributed by atoms with Crippen LogP contribution in [0, 0.1) is 0 Å². The first-order chi connectivity index (χ1) is 8.66. The number of aromatic nitrogens is 1. The highest BCUT2D eigenvalue weighted by Gasteiger charge is 2.13. The number of hydrogen-bond acceptors (Lipinski definition) is 4. The standard InChI is InChI=1S/C13H9NO3S/c1-14-9-7-8(4-5-11(9)18-13(14)16)12(15)10-3-2-6-17-10/h2-7H,1H3. The summed E-state index contributed by atoms with van der Waals surface area (Å²) in [5, 5.41) is 0. The fourth-order valence-electron chi connectivity index (χ4n) is 1.82. The Morgan fingerprint density at radius 3 is 2.89 bits per heavy atom. The zero-order valence-electron chi connectivity index (χ0n) is 9.54. The van der Waals surface area contributed by atoms with Gasteiger partial charge in [0.1, 0.15) is 0 Å². The van der Waals surface area contributed by atoms with E-state index in [0.29, 0.717) is 11.3 Å². The molecule has 18 heavy (non-hydrogen) atoms. The van der Waals surface area contributed by atoms with Crippen LogP contribution in [0.25, 0.3) is 10.2 Å². The number of aryl methyl sites for hydroxylation is 1. The van der Waals surface area contributed by atoms with Crippen molar-refractivity contribution in [2.45, 2.75) is 0 Å². The molecule has 0 aliphatic carbocycles. The van der Waals surface area contributed by atoms with Gasteiger partial charge in [-0.05, 0) is 30.3 Å². The van der Waals surface area contributed by atoms with E-state index >= 15 is 0 Å². The van der Waals surface area contributed by atoms with Gasteiger partial charge < -0.3 is 8.98 Å². The smallest absolute Gasteiger partial charge is 0.307 e. The first kappa shape index (κ1) is 11.0. The Hall–Kier alpha value is -2.14. The van der Waals surface area contributed by atoms with E-state index in [1.54, 1.807) is 41.9 Å². The quantitative estimate of drug-likeness (QED) is 0.664. The van der Waals surface area contributed by atoms with Crippen molar-refractivity contribution in [2.75, 3.05) is 0 Å². The van der Waals surface area contributed by atoms with Crippen LogP contribution in [0.15, 0.2) is 45.8 Å². The van der Waals surface area contributed by atoms with Crippen LogP contribution in [-0.2, 0) is 7.05 Å². The molecule has 0 aliphatic heterocycles. The van der Waals surface area contributed by atoms with Crippen molar-refractivity contribution in [1.29, 1.82) is 0 Å². The second-order valence-electron chi connectivity index (χ2n) is 3.92. The molecule has 5 heteroatoms. The van der Waals surface area contributed by atoms with E-state index in [4.69, 9.17) is 4.42 Å². The Labute approximate surface area is 106 Å². The largest absolute Gasteiger partial charge is 0.461 e. The monoisotopic (exact) mass is 259 g/mol. The molecule has 2 aromatic heterocycles. The van der Waals surface area contributed by atoms with Gasteiger partial charge in [0.2, 0.25) is 5.78 Å². The molecule has 0 saturated heterocycles. The van der Waals surface area contributed by atoms with Gasteiger partial charge in [-0.1, -0.05) is 11.3 Å². The van der Waals surface area contributed by atoms with E-state index in [1.165, 1.54) is 17.6 Å². The summed E-state index contributed by atoms with van der Waals surface area (Å²) >= 11 is 1.17. The predicted octanol–water partition coefficient (Wildman–Crippen LogP) is 2.42. The lowest BCUT2D eigenvalue weighted by Crippen LogP contribution is -2.07. The summed E-state index contributed by atoms with van der Waals surface area (Å²) in [6.07, 6.45) is 1.46. The van der Waals surface area contributed by atoms with Crippen molar-refractivity contribution in [2.24, 2.45) is 7.05 Å². The Morgan fingerprint density at radius 1 is 1.33 bits per heavy atom. The summed E-state index contributed by atoms with van der Waals surface area (Å²) in [4.78, 5) is 23.6. The molecule has 3 aromatic rings. The van der Waals surface area contributed by atoms with Gasteiger partial charge in [0.25, 0.3) is 0 Å². The number of furan rings is 1. The summed E-state index contributed by atoms with van der Waals surface area (Å²) in [7, 11) is 1.70. The second kappa shape index (κ2) is 3.96. The van der Waals surface area contributed by atoms with Gasteiger partial charge in [-0.15, -0.1) is 0 Å². The van der Waals surface area contributed by atoms with E-state index in [-0.39, 0.29) is 10.7 Å². The number of thiazole rings is 1. The number of carbonyl (C=O) groups excluding carboxylic acids is 1. The van der Waals surface area contributed by atoms with Gasteiger partial charge in [-0.25, -0.2) is 0 Å². The van der Waals surface area contributed by atoms with Crippen molar-refractivity contribution in [3.8, 4) is 0 Å². The maximum absolute atomic E-state index is 12.1. The van der Waals surface area contributed by atoms with Crippen LogP contribution in [-0.4, -0.2) is 10.4 Å². The third-order valence-corrected chi connectivity index (χ3v) is 3.81. The number of hydrogen-bond donors (Lipinski definition) is 0. The van der Waals surface area contributed by atoms with Gasteiger partial charge in [0.05, 0.1) is 16.5 Å². The average Bonchev–Trinajstić information content (AvgIpc) is 2.99. The van der Waals surface area contributed by atoms with Crippen molar-refractivity contribution in [3.63, 3.8) is 0 Å². The molecule has 2 heterocycles. The zero-order valence-corrected chi connectivity index (χ0v) is 10.4. The lowest BCUT2D eigenvalue weighted by Gasteiger charge is -1.99. The normalized spacial score (nSPS) is 10.9. The lowest BCUT2D eigenvalue weighted by molar-refractivity contribution is 0.101. The topological polar surface area (TPSA) is 52.2 Å². The Balaban J connectivity index is 2.16. The molecular weight excluding hydrogens is 250 g/mol. The van der Waals surface area contributed by atoms with Crippen molar-refractivity contribution >= 4 is 27.3 Å². The third kappa shape index (κ3) is 1.60. The number of fused-ring (bicyclic) bond motifs is 1. The number of carbonyl (C=O) groups is 1. The number of ketones is 1. The third-order valence-electron chi connectivity index (χ3n) is 2.80. The summed E-state index contributed by atoms with van der Waals surface area (Å²) in [6, 6.07) is 8.52. The molecule has 90 valence electrons.